The van der Waals surface area contributed by atoms with Crippen LogP contribution in [-0.4, -0.2) is 43.7 Å². The smallest absolute Gasteiger partial charge is 0.337 e. The maximum atomic E-state index is 11.7. The van der Waals surface area contributed by atoms with Crippen LogP contribution in [0.15, 0.2) is 48.5 Å². The number of methoxy groups -OCH3 is 1. The van der Waals surface area contributed by atoms with Crippen LogP contribution in [0.25, 0.3) is 0 Å². The van der Waals surface area contributed by atoms with Crippen LogP contribution >= 0.6 is 0 Å². The number of rotatable bonds is 4. The normalized spacial score (nSPS) is 23.7. The van der Waals surface area contributed by atoms with Gasteiger partial charge in [-0.15, -0.1) is 0 Å². The standard InChI is InChI=1S/C27H34N2O2/c1-20-6-3-4-7-24(20)25-8-5-15-29(25)23-18-27(19-23)13-16-28(17-14-27)22-11-9-21(10-12-22)26(30)31-2/h3-4,6-7,9-12,23,25H,5,8,13-19H2,1-2H3. The van der Waals surface area contributed by atoms with Crippen molar-refractivity contribution in [1.82, 2.24) is 4.90 Å². The molecule has 0 N–H and O–H groups in total. The first-order chi connectivity index (χ1) is 15.1. The second-order valence-corrected chi connectivity index (χ2v) is 9.84. The lowest BCUT2D eigenvalue weighted by Gasteiger charge is -2.56. The highest BCUT2D eigenvalue weighted by Gasteiger charge is 2.49. The number of aryl methyl sites for hydroxylation is 1. The molecule has 5 rings (SSSR count). The Morgan fingerprint density at radius 2 is 1.71 bits per heavy atom. The summed E-state index contributed by atoms with van der Waals surface area (Å²) in [5, 5.41) is 0. The third kappa shape index (κ3) is 3.87. The molecule has 1 aliphatic carbocycles. The molecule has 0 bridgehead atoms. The van der Waals surface area contributed by atoms with E-state index in [1.807, 2.05) is 12.1 Å². The van der Waals surface area contributed by atoms with Crippen molar-refractivity contribution in [3.63, 3.8) is 0 Å². The highest BCUT2D eigenvalue weighted by Crippen LogP contribution is 2.54. The Kier molecular flexibility index (Phi) is 5.51. The first-order valence-electron chi connectivity index (χ1n) is 11.8. The Balaban J connectivity index is 1.18. The molecule has 164 valence electrons. The van der Waals surface area contributed by atoms with Gasteiger partial charge in [0.05, 0.1) is 12.7 Å². The lowest BCUT2D eigenvalue weighted by atomic mass is 9.59. The average molecular weight is 419 g/mol. The largest absolute Gasteiger partial charge is 0.465 e. The van der Waals surface area contributed by atoms with Crippen LogP contribution < -0.4 is 4.90 Å². The Labute approximate surface area is 186 Å². The van der Waals surface area contributed by atoms with Crippen LogP contribution in [0.2, 0.25) is 0 Å². The van der Waals surface area contributed by atoms with Gasteiger partial charge >= 0.3 is 5.97 Å². The number of benzene rings is 2. The average Bonchev–Trinajstić information content (AvgIpc) is 3.26. The van der Waals surface area contributed by atoms with Crippen LogP contribution in [-0.2, 0) is 4.74 Å². The van der Waals surface area contributed by atoms with Crippen molar-refractivity contribution >= 4 is 11.7 Å². The van der Waals surface area contributed by atoms with Crippen molar-refractivity contribution in [3.8, 4) is 0 Å². The molecule has 1 unspecified atom stereocenters. The van der Waals surface area contributed by atoms with Crippen molar-refractivity contribution in [2.24, 2.45) is 5.41 Å². The number of ether oxygens (including phenoxy) is 1. The minimum absolute atomic E-state index is 0.268. The number of hydrogen-bond donors (Lipinski definition) is 0. The summed E-state index contributed by atoms with van der Waals surface area (Å²) in [6.45, 7) is 5.76. The maximum absolute atomic E-state index is 11.7. The van der Waals surface area contributed by atoms with E-state index in [9.17, 15) is 4.79 Å². The summed E-state index contributed by atoms with van der Waals surface area (Å²) in [4.78, 5) is 17.0. The molecule has 3 fully saturated rings. The summed E-state index contributed by atoms with van der Waals surface area (Å²) in [6.07, 6.45) is 7.94. The zero-order chi connectivity index (χ0) is 21.4. The molecule has 4 nitrogen and oxygen atoms in total. The third-order valence-corrected chi connectivity index (χ3v) is 8.13. The highest BCUT2D eigenvalue weighted by molar-refractivity contribution is 5.89. The zero-order valence-electron chi connectivity index (χ0n) is 18.8. The van der Waals surface area contributed by atoms with E-state index in [0.29, 0.717) is 17.0 Å². The molecular formula is C27H34N2O2. The first-order valence-corrected chi connectivity index (χ1v) is 11.8. The van der Waals surface area contributed by atoms with Gasteiger partial charge in [-0.1, -0.05) is 24.3 Å². The molecule has 0 radical (unpaired) electrons. The fourth-order valence-electron chi connectivity index (χ4n) is 6.27. The van der Waals surface area contributed by atoms with Gasteiger partial charge < -0.3 is 9.64 Å². The monoisotopic (exact) mass is 418 g/mol. The second-order valence-electron chi connectivity index (χ2n) is 9.84. The van der Waals surface area contributed by atoms with Gasteiger partial charge in [-0.05, 0) is 92.8 Å². The number of hydrogen-bond acceptors (Lipinski definition) is 4. The lowest BCUT2D eigenvalue weighted by Crippen LogP contribution is -2.54. The van der Waals surface area contributed by atoms with E-state index in [1.165, 1.54) is 63.4 Å². The highest BCUT2D eigenvalue weighted by atomic mass is 16.5. The Morgan fingerprint density at radius 1 is 1.00 bits per heavy atom. The van der Waals surface area contributed by atoms with Gasteiger partial charge in [0.15, 0.2) is 0 Å². The van der Waals surface area contributed by atoms with Crippen molar-refractivity contribution in [2.45, 2.75) is 57.5 Å². The molecule has 0 aromatic heterocycles. The molecule has 3 aliphatic rings. The number of anilines is 1. The number of likely N-dealkylation sites (tertiary alicyclic amines) is 1. The molecule has 1 spiro atoms. The molecule has 1 saturated carbocycles. The molecule has 4 heteroatoms. The number of esters is 1. The van der Waals surface area contributed by atoms with Crippen molar-refractivity contribution in [2.75, 3.05) is 31.6 Å². The molecule has 2 aromatic carbocycles. The number of piperidine rings is 1. The Hall–Kier alpha value is -2.33. The molecule has 2 heterocycles. The summed E-state index contributed by atoms with van der Waals surface area (Å²) in [6, 6.07) is 18.2. The van der Waals surface area contributed by atoms with E-state index in [1.54, 1.807) is 5.56 Å². The van der Waals surface area contributed by atoms with E-state index in [2.05, 4.69) is 53.1 Å². The third-order valence-electron chi connectivity index (χ3n) is 8.13. The number of carbonyl (C=O) groups excluding carboxylic acids is 1. The Morgan fingerprint density at radius 3 is 2.39 bits per heavy atom. The van der Waals surface area contributed by atoms with Gasteiger partial charge in [-0.2, -0.15) is 0 Å². The van der Waals surface area contributed by atoms with Crippen LogP contribution in [0.4, 0.5) is 5.69 Å². The molecule has 2 aliphatic heterocycles. The minimum Gasteiger partial charge on any atom is -0.465 e. The Bertz CT molecular complexity index is 923. The fraction of sp³-hybridized carbons (Fsp3) is 0.519. The first kappa shape index (κ1) is 20.6. The maximum Gasteiger partial charge on any atom is 0.337 e. The minimum atomic E-state index is -0.268. The molecule has 0 amide bonds. The summed E-state index contributed by atoms with van der Waals surface area (Å²) >= 11 is 0. The summed E-state index contributed by atoms with van der Waals surface area (Å²) in [7, 11) is 1.43. The molecule has 31 heavy (non-hydrogen) atoms. The molecule has 2 saturated heterocycles. The topological polar surface area (TPSA) is 32.8 Å². The van der Waals surface area contributed by atoms with E-state index in [0.717, 1.165) is 19.1 Å². The van der Waals surface area contributed by atoms with Gasteiger partial charge in [0.1, 0.15) is 0 Å². The fourth-order valence-corrected chi connectivity index (χ4v) is 6.27. The van der Waals surface area contributed by atoms with Crippen molar-refractivity contribution in [3.05, 3.63) is 65.2 Å². The number of carbonyl (C=O) groups is 1. The van der Waals surface area contributed by atoms with Crippen molar-refractivity contribution in [1.29, 1.82) is 0 Å². The van der Waals surface area contributed by atoms with Crippen LogP contribution in [0, 0.1) is 12.3 Å². The van der Waals surface area contributed by atoms with E-state index in [-0.39, 0.29) is 5.97 Å². The van der Waals surface area contributed by atoms with Crippen LogP contribution in [0.5, 0.6) is 0 Å². The van der Waals surface area contributed by atoms with Crippen molar-refractivity contribution < 1.29 is 9.53 Å². The molecule has 2 aromatic rings. The zero-order valence-corrected chi connectivity index (χ0v) is 18.8. The summed E-state index contributed by atoms with van der Waals surface area (Å²) in [5.74, 6) is -0.268. The predicted molar refractivity (Wildman–Crippen MR) is 125 cm³/mol. The van der Waals surface area contributed by atoms with Crippen LogP contribution in [0.3, 0.4) is 0 Å². The van der Waals surface area contributed by atoms with Crippen LogP contribution in [0.1, 0.15) is 66.1 Å². The molecule has 1 atom stereocenters. The van der Waals surface area contributed by atoms with Gasteiger partial charge in [-0.3, -0.25) is 4.90 Å². The SMILES string of the molecule is COC(=O)c1ccc(N2CCC3(CC2)CC(N2CCCC2c2ccccc2C)C3)cc1. The van der Waals surface area contributed by atoms with Gasteiger partial charge in [0, 0.05) is 30.9 Å². The summed E-state index contributed by atoms with van der Waals surface area (Å²) in [5.41, 5.74) is 5.38. The predicted octanol–water partition coefficient (Wildman–Crippen LogP) is 5.37. The molecular weight excluding hydrogens is 384 g/mol. The van der Waals surface area contributed by atoms with Gasteiger partial charge in [0.2, 0.25) is 0 Å². The quantitative estimate of drug-likeness (QED) is 0.625. The van der Waals surface area contributed by atoms with E-state index >= 15 is 0 Å². The number of nitrogens with zero attached hydrogens (tertiary/aromatic N) is 2. The van der Waals surface area contributed by atoms with E-state index < -0.39 is 0 Å². The lowest BCUT2D eigenvalue weighted by molar-refractivity contribution is -0.0227. The van der Waals surface area contributed by atoms with Gasteiger partial charge in [0.25, 0.3) is 0 Å². The second kappa shape index (κ2) is 8.31. The summed E-state index contributed by atoms with van der Waals surface area (Å²) < 4.78 is 4.81. The van der Waals surface area contributed by atoms with E-state index in [4.69, 9.17) is 4.74 Å². The van der Waals surface area contributed by atoms with Gasteiger partial charge in [-0.25, -0.2) is 4.79 Å².